The number of hydrogen-bond donors (Lipinski definition) is 1. The van der Waals surface area contributed by atoms with Crippen molar-refractivity contribution in [1.29, 1.82) is 0 Å². The number of hydrogen-bond acceptors (Lipinski definition) is 6. The third-order valence-electron chi connectivity index (χ3n) is 3.69. The number of methoxy groups -OCH3 is 1. The minimum Gasteiger partial charge on any atom is -0.496 e. The van der Waals surface area contributed by atoms with Gasteiger partial charge in [-0.2, -0.15) is 0 Å². The first kappa shape index (κ1) is 17.6. The fraction of sp³-hybridized carbons (Fsp3) is 0.263. The highest BCUT2D eigenvalue weighted by Crippen LogP contribution is 2.32. The van der Waals surface area contributed by atoms with E-state index in [1.807, 2.05) is 0 Å². The second-order valence-electron chi connectivity index (χ2n) is 5.54. The highest BCUT2D eigenvalue weighted by Gasteiger charge is 2.16. The van der Waals surface area contributed by atoms with Gasteiger partial charge in [0, 0.05) is 18.2 Å². The van der Waals surface area contributed by atoms with Crippen molar-refractivity contribution >= 4 is 17.6 Å². The molecule has 0 saturated heterocycles. The molecular weight excluding hydrogens is 338 g/mol. The van der Waals surface area contributed by atoms with Crippen molar-refractivity contribution in [2.24, 2.45) is 0 Å². The van der Waals surface area contributed by atoms with Crippen molar-refractivity contribution in [1.82, 2.24) is 0 Å². The van der Waals surface area contributed by atoms with E-state index in [4.69, 9.17) is 18.9 Å². The Hall–Kier alpha value is -3.22. The van der Waals surface area contributed by atoms with Crippen molar-refractivity contribution in [2.45, 2.75) is 6.42 Å². The number of anilines is 1. The Balaban J connectivity index is 1.57. The van der Waals surface area contributed by atoms with Gasteiger partial charge < -0.3 is 24.3 Å². The molecule has 1 N–H and O–H groups in total. The fourth-order valence-corrected chi connectivity index (χ4v) is 2.46. The molecule has 0 atom stereocenters. The monoisotopic (exact) mass is 357 g/mol. The van der Waals surface area contributed by atoms with Crippen LogP contribution in [0.2, 0.25) is 0 Å². The number of ether oxygens (including phenoxy) is 4. The molecule has 26 heavy (non-hydrogen) atoms. The van der Waals surface area contributed by atoms with E-state index in [1.54, 1.807) is 42.5 Å². The minimum atomic E-state index is -0.628. The van der Waals surface area contributed by atoms with Crippen molar-refractivity contribution in [3.63, 3.8) is 0 Å². The number of esters is 1. The summed E-state index contributed by atoms with van der Waals surface area (Å²) in [7, 11) is 1.46. The number of amides is 1. The molecule has 136 valence electrons. The number of para-hydroxylation sites is 1. The topological polar surface area (TPSA) is 83.1 Å². The van der Waals surface area contributed by atoms with Crippen LogP contribution in [0.5, 0.6) is 17.2 Å². The number of nitrogens with one attached hydrogen (secondary N) is 1. The van der Waals surface area contributed by atoms with E-state index in [2.05, 4.69) is 5.32 Å². The Morgan fingerprint density at radius 3 is 2.65 bits per heavy atom. The smallest absolute Gasteiger partial charge is 0.342 e. The summed E-state index contributed by atoms with van der Waals surface area (Å²) in [5, 5.41) is 2.66. The lowest BCUT2D eigenvalue weighted by Gasteiger charge is -2.11. The summed E-state index contributed by atoms with van der Waals surface area (Å²) in [6.07, 6.45) is 0.801. The Kier molecular flexibility index (Phi) is 5.58. The molecule has 0 aliphatic carbocycles. The van der Waals surface area contributed by atoms with E-state index in [-0.39, 0.29) is 5.56 Å². The van der Waals surface area contributed by atoms with Gasteiger partial charge >= 0.3 is 5.97 Å². The summed E-state index contributed by atoms with van der Waals surface area (Å²) in [5.74, 6) is 0.522. The number of benzene rings is 2. The Labute approximate surface area is 150 Å². The molecule has 0 fully saturated rings. The third kappa shape index (κ3) is 4.24. The number of rotatable bonds is 5. The standard InChI is InChI=1S/C19H19NO6/c1-23-15-6-3-2-5-14(15)19(22)26-12-18(21)20-13-7-8-16-17(11-13)25-10-4-9-24-16/h2-3,5-8,11H,4,9-10,12H2,1H3,(H,20,21). The number of carbonyl (C=O) groups excluding carboxylic acids is 2. The van der Waals surface area contributed by atoms with Crippen molar-refractivity contribution in [3.05, 3.63) is 48.0 Å². The third-order valence-corrected chi connectivity index (χ3v) is 3.69. The van der Waals surface area contributed by atoms with Crippen molar-refractivity contribution in [3.8, 4) is 17.2 Å². The molecule has 0 radical (unpaired) electrons. The van der Waals surface area contributed by atoms with Gasteiger partial charge in [0.05, 0.1) is 20.3 Å². The lowest BCUT2D eigenvalue weighted by atomic mass is 10.2. The molecule has 7 nitrogen and oxygen atoms in total. The lowest BCUT2D eigenvalue weighted by molar-refractivity contribution is -0.119. The molecule has 1 heterocycles. The minimum absolute atomic E-state index is 0.262. The van der Waals surface area contributed by atoms with Crippen LogP contribution in [-0.2, 0) is 9.53 Å². The molecular formula is C19H19NO6. The second kappa shape index (κ2) is 8.24. The van der Waals surface area contributed by atoms with Crippen molar-refractivity contribution < 1.29 is 28.5 Å². The molecule has 1 amide bonds. The fourth-order valence-electron chi connectivity index (χ4n) is 2.46. The highest BCUT2D eigenvalue weighted by atomic mass is 16.5. The Morgan fingerprint density at radius 1 is 1.08 bits per heavy atom. The molecule has 2 aromatic rings. The van der Waals surface area contributed by atoms with Crippen LogP contribution in [0.25, 0.3) is 0 Å². The van der Waals surface area contributed by atoms with Crippen LogP contribution in [-0.4, -0.2) is 38.8 Å². The highest BCUT2D eigenvalue weighted by molar-refractivity contribution is 5.96. The summed E-state index contributed by atoms with van der Waals surface area (Å²) in [4.78, 5) is 24.1. The SMILES string of the molecule is COc1ccccc1C(=O)OCC(=O)Nc1ccc2c(c1)OCCCO2. The zero-order valence-corrected chi connectivity index (χ0v) is 14.3. The predicted molar refractivity (Wildman–Crippen MR) is 94.0 cm³/mol. The molecule has 1 aliphatic rings. The maximum Gasteiger partial charge on any atom is 0.342 e. The van der Waals surface area contributed by atoms with E-state index >= 15 is 0 Å². The van der Waals surface area contributed by atoms with Crippen LogP contribution < -0.4 is 19.5 Å². The molecule has 2 aromatic carbocycles. The first-order chi connectivity index (χ1) is 12.7. The van der Waals surface area contributed by atoms with E-state index in [0.29, 0.717) is 36.1 Å². The van der Waals surface area contributed by atoms with Crippen LogP contribution in [0.3, 0.4) is 0 Å². The van der Waals surface area contributed by atoms with Gasteiger partial charge in [-0.25, -0.2) is 4.79 Å². The van der Waals surface area contributed by atoms with E-state index < -0.39 is 18.5 Å². The molecule has 0 bridgehead atoms. The summed E-state index contributed by atoms with van der Waals surface area (Å²) in [6, 6.07) is 11.8. The maximum atomic E-state index is 12.1. The molecule has 0 saturated carbocycles. The van der Waals surface area contributed by atoms with Gasteiger partial charge in [0.1, 0.15) is 11.3 Å². The molecule has 1 aliphatic heterocycles. The quantitative estimate of drug-likeness (QED) is 0.829. The number of carbonyl (C=O) groups is 2. The summed E-state index contributed by atoms with van der Waals surface area (Å²) >= 11 is 0. The molecule has 3 rings (SSSR count). The Bertz CT molecular complexity index is 804. The molecule has 0 aromatic heterocycles. The Morgan fingerprint density at radius 2 is 1.85 bits per heavy atom. The van der Waals surface area contributed by atoms with E-state index in [9.17, 15) is 9.59 Å². The largest absolute Gasteiger partial charge is 0.496 e. The lowest BCUT2D eigenvalue weighted by Crippen LogP contribution is -2.21. The van der Waals surface area contributed by atoms with Gasteiger partial charge in [-0.1, -0.05) is 12.1 Å². The van der Waals surface area contributed by atoms with Gasteiger partial charge in [-0.3, -0.25) is 4.79 Å². The van der Waals surface area contributed by atoms with Crippen LogP contribution >= 0.6 is 0 Å². The van der Waals surface area contributed by atoms with Gasteiger partial charge in [0.2, 0.25) is 0 Å². The first-order valence-corrected chi connectivity index (χ1v) is 8.17. The van der Waals surface area contributed by atoms with Crippen LogP contribution in [0.4, 0.5) is 5.69 Å². The zero-order chi connectivity index (χ0) is 18.4. The first-order valence-electron chi connectivity index (χ1n) is 8.17. The average molecular weight is 357 g/mol. The van der Waals surface area contributed by atoms with Crippen LogP contribution in [0.1, 0.15) is 16.8 Å². The second-order valence-corrected chi connectivity index (χ2v) is 5.54. The maximum absolute atomic E-state index is 12.1. The summed E-state index contributed by atoms with van der Waals surface area (Å²) in [5.41, 5.74) is 0.797. The normalized spacial score (nSPS) is 12.7. The average Bonchev–Trinajstić information content (AvgIpc) is 2.91. The van der Waals surface area contributed by atoms with Gasteiger partial charge in [-0.15, -0.1) is 0 Å². The summed E-state index contributed by atoms with van der Waals surface area (Å²) < 4.78 is 21.3. The predicted octanol–water partition coefficient (Wildman–Crippen LogP) is 2.65. The molecule has 7 heteroatoms. The molecule has 0 unspecified atom stereocenters. The van der Waals surface area contributed by atoms with Gasteiger partial charge in [-0.05, 0) is 24.3 Å². The van der Waals surface area contributed by atoms with Crippen LogP contribution in [0.15, 0.2) is 42.5 Å². The molecule has 0 spiro atoms. The van der Waals surface area contributed by atoms with Gasteiger partial charge in [0.25, 0.3) is 5.91 Å². The van der Waals surface area contributed by atoms with Gasteiger partial charge in [0.15, 0.2) is 18.1 Å². The van der Waals surface area contributed by atoms with Crippen molar-refractivity contribution in [2.75, 3.05) is 32.2 Å². The van der Waals surface area contributed by atoms with Crippen LogP contribution in [0, 0.1) is 0 Å². The van der Waals surface area contributed by atoms with E-state index in [0.717, 1.165) is 6.42 Å². The zero-order valence-electron chi connectivity index (χ0n) is 14.3. The van der Waals surface area contributed by atoms with E-state index in [1.165, 1.54) is 7.11 Å². The number of fused-ring (bicyclic) bond motifs is 1. The summed E-state index contributed by atoms with van der Waals surface area (Å²) in [6.45, 7) is 0.740.